The molecular weight excluding hydrogens is 991 g/mol. The number of hydrogen-bond donors (Lipinski definition) is 0. The van der Waals surface area contributed by atoms with Crippen molar-refractivity contribution in [3.05, 3.63) is 258 Å². The SMILES string of the molecule is [2H]C([2H])([2H])c1ccc(-c2[c-]cc(CCc3cc(CCc4c[c-]c(-c5ccc(C([2H])([2H])[2H])cn5)cc4)cc(-c4ccccc4-c4c[c-]c(-c5ccccn5)cc4-c4ccc(-c5ccccc5)cc4)c3)cc2)nc1.[Ir+3]. The van der Waals surface area contributed by atoms with Gasteiger partial charge in [0.25, 0.3) is 0 Å². The Bertz CT molecular complexity index is 3310. The van der Waals surface area contributed by atoms with Crippen LogP contribution in [0.1, 0.15) is 41.6 Å². The third-order valence-electron chi connectivity index (χ3n) is 12.0. The van der Waals surface area contributed by atoms with Crippen molar-refractivity contribution < 1.29 is 28.3 Å². The van der Waals surface area contributed by atoms with E-state index in [2.05, 4.69) is 148 Å². The van der Waals surface area contributed by atoms with Crippen LogP contribution in [-0.2, 0) is 45.8 Å². The van der Waals surface area contributed by atoms with E-state index in [1.54, 1.807) is 24.3 Å². The Morgan fingerprint density at radius 1 is 0.373 bits per heavy atom. The maximum atomic E-state index is 7.70. The Balaban J connectivity index is 0.00000656. The molecule has 4 heteroatoms. The molecule has 0 unspecified atom stereocenters. The van der Waals surface area contributed by atoms with Crippen molar-refractivity contribution in [2.24, 2.45) is 0 Å². The number of aromatic nitrogens is 3. The summed E-state index contributed by atoms with van der Waals surface area (Å²) in [7, 11) is 0. The Morgan fingerprint density at radius 2 is 0.910 bits per heavy atom. The number of aryl methyl sites for hydroxylation is 6. The van der Waals surface area contributed by atoms with Crippen molar-refractivity contribution in [3.8, 4) is 78.3 Å². The molecule has 0 aliphatic rings. The van der Waals surface area contributed by atoms with E-state index in [1.165, 1.54) is 29.1 Å². The first-order valence-corrected chi connectivity index (χ1v) is 22.2. The molecule has 0 saturated heterocycles. The second kappa shape index (κ2) is 20.9. The molecule has 0 saturated carbocycles. The molecule has 0 bridgehead atoms. The first kappa shape index (κ1) is 37.8. The molecule has 0 aliphatic carbocycles. The van der Waals surface area contributed by atoms with Gasteiger partial charge in [-0.15, -0.1) is 94.5 Å². The van der Waals surface area contributed by atoms with Gasteiger partial charge < -0.3 is 15.0 Å². The van der Waals surface area contributed by atoms with Gasteiger partial charge >= 0.3 is 20.1 Å². The van der Waals surface area contributed by atoms with Crippen LogP contribution in [0, 0.1) is 31.9 Å². The molecule has 0 fully saturated rings. The molecule has 3 nitrogen and oxygen atoms in total. The summed E-state index contributed by atoms with van der Waals surface area (Å²) < 4.78 is 46.2. The van der Waals surface area contributed by atoms with E-state index in [4.69, 9.17) is 8.22 Å². The topological polar surface area (TPSA) is 38.7 Å². The molecule has 10 rings (SSSR count). The molecule has 0 N–H and O–H groups in total. The molecular formula is C63H48IrN3. The van der Waals surface area contributed by atoms with Crippen molar-refractivity contribution in [1.82, 2.24) is 15.0 Å². The predicted octanol–water partition coefficient (Wildman–Crippen LogP) is 15.1. The van der Waals surface area contributed by atoms with Gasteiger partial charge in [-0.25, -0.2) is 0 Å². The van der Waals surface area contributed by atoms with Gasteiger partial charge in [0, 0.05) is 26.8 Å². The molecule has 3 heterocycles. The van der Waals surface area contributed by atoms with Gasteiger partial charge in [-0.05, 0) is 99.8 Å². The van der Waals surface area contributed by atoms with Gasteiger partial charge in [-0.3, -0.25) is 0 Å². The maximum absolute atomic E-state index is 7.70. The summed E-state index contributed by atoms with van der Waals surface area (Å²) in [6.45, 7) is -4.41. The van der Waals surface area contributed by atoms with Crippen LogP contribution < -0.4 is 0 Å². The average molecular weight is 1050 g/mol. The second-order valence-corrected chi connectivity index (χ2v) is 16.5. The summed E-state index contributed by atoms with van der Waals surface area (Å²) in [6, 6.07) is 74.4. The summed E-state index contributed by atoms with van der Waals surface area (Å²) >= 11 is 0. The minimum Gasteiger partial charge on any atom is -0.305 e. The van der Waals surface area contributed by atoms with Gasteiger partial charge in [-0.1, -0.05) is 163 Å². The van der Waals surface area contributed by atoms with Crippen LogP contribution >= 0.6 is 0 Å². The molecule has 324 valence electrons. The average Bonchev–Trinajstić information content (AvgIpc) is 3.42. The van der Waals surface area contributed by atoms with Crippen molar-refractivity contribution in [2.45, 2.75) is 39.4 Å². The number of rotatable bonds is 13. The zero-order valence-corrected chi connectivity index (χ0v) is 39.0. The molecule has 0 radical (unpaired) electrons. The summed E-state index contributed by atoms with van der Waals surface area (Å²) in [5, 5.41) is 0. The molecule has 10 aromatic rings. The van der Waals surface area contributed by atoms with Crippen molar-refractivity contribution in [2.75, 3.05) is 0 Å². The third-order valence-corrected chi connectivity index (χ3v) is 12.0. The molecule has 67 heavy (non-hydrogen) atoms. The van der Waals surface area contributed by atoms with Crippen LogP contribution in [0.25, 0.3) is 78.3 Å². The van der Waals surface area contributed by atoms with E-state index in [1.807, 2.05) is 54.7 Å². The Kier molecular flexibility index (Phi) is 11.8. The summed E-state index contributed by atoms with van der Waals surface area (Å²) in [6.07, 6.45) is 7.82. The zero-order chi connectivity index (χ0) is 49.7. The molecule has 0 amide bonds. The summed E-state index contributed by atoms with van der Waals surface area (Å²) in [4.78, 5) is 13.5. The van der Waals surface area contributed by atoms with Crippen LogP contribution in [0.3, 0.4) is 0 Å². The standard InChI is InChI=1S/C63H48N3.Ir/c1-44-15-35-62(65-42-44)53-25-21-46(22-26-53)17-19-48-38-49(20-18-47-23-27-54(28-24-47)63-36-16-45(2)43-66-63)40-56(39-48)57-12-6-7-13-58(57)59-34-33-55(61-14-8-9-37-64-61)41-60(59)52-31-29-51(30-32-52)50-10-4-3-5-11-50;/h3-16,21-25,27,29-32,34-43H,17-20H2,1-2H3;/q-3;+3/i1D3,2D3;. The normalized spacial score (nSPS) is 12.7. The third kappa shape index (κ3) is 10.7. The van der Waals surface area contributed by atoms with Gasteiger partial charge in [0.1, 0.15) is 0 Å². The largest absolute Gasteiger partial charge is 3.00 e. The maximum Gasteiger partial charge on any atom is 3.00 e. The second-order valence-electron chi connectivity index (χ2n) is 16.5. The fourth-order valence-corrected chi connectivity index (χ4v) is 8.50. The van der Waals surface area contributed by atoms with E-state index in [9.17, 15) is 0 Å². The Hall–Kier alpha value is -7.36. The minimum atomic E-state index is -2.20. The monoisotopic (exact) mass is 1050 g/mol. The van der Waals surface area contributed by atoms with Crippen molar-refractivity contribution in [3.63, 3.8) is 0 Å². The van der Waals surface area contributed by atoms with Gasteiger partial charge in [0.2, 0.25) is 0 Å². The van der Waals surface area contributed by atoms with Gasteiger partial charge in [0.15, 0.2) is 0 Å². The first-order chi connectivity index (χ1) is 34.9. The minimum absolute atomic E-state index is 0. The molecule has 7 aromatic carbocycles. The van der Waals surface area contributed by atoms with Gasteiger partial charge in [0.05, 0.1) is 0 Å². The van der Waals surface area contributed by atoms with E-state index in [-0.39, 0.29) is 31.2 Å². The van der Waals surface area contributed by atoms with Crippen LogP contribution in [0.15, 0.2) is 207 Å². The first-order valence-electron chi connectivity index (χ1n) is 25.2. The zero-order valence-electron chi connectivity index (χ0n) is 42.6. The van der Waals surface area contributed by atoms with Crippen LogP contribution in [0.5, 0.6) is 0 Å². The van der Waals surface area contributed by atoms with E-state index in [0.717, 1.165) is 98.1 Å². The van der Waals surface area contributed by atoms with Crippen molar-refractivity contribution >= 4 is 0 Å². The van der Waals surface area contributed by atoms with E-state index < -0.39 is 13.7 Å². The smallest absolute Gasteiger partial charge is 0.305 e. The van der Waals surface area contributed by atoms with E-state index >= 15 is 0 Å². The molecule has 0 spiro atoms. The van der Waals surface area contributed by atoms with Crippen LogP contribution in [0.2, 0.25) is 0 Å². The van der Waals surface area contributed by atoms with Gasteiger partial charge in [-0.2, -0.15) is 0 Å². The van der Waals surface area contributed by atoms with Crippen LogP contribution in [0.4, 0.5) is 0 Å². The predicted molar refractivity (Wildman–Crippen MR) is 272 cm³/mol. The number of hydrogen-bond acceptors (Lipinski definition) is 3. The quantitative estimate of drug-likeness (QED) is 0.108. The fraction of sp³-hybridized carbons (Fsp3) is 0.0952. The molecule has 0 aliphatic heterocycles. The van der Waals surface area contributed by atoms with Crippen LogP contribution in [-0.4, -0.2) is 15.0 Å². The number of pyridine rings is 3. The number of benzene rings is 7. The van der Waals surface area contributed by atoms with Crippen molar-refractivity contribution in [1.29, 1.82) is 0 Å². The molecule has 3 aromatic heterocycles. The summed E-state index contributed by atoms with van der Waals surface area (Å²) in [5.41, 5.74) is 18.8. The molecule has 0 atom stereocenters. The van der Waals surface area contributed by atoms with E-state index in [0.29, 0.717) is 11.4 Å². The Labute approximate surface area is 417 Å². The summed E-state index contributed by atoms with van der Waals surface area (Å²) in [5.74, 6) is 0. The number of nitrogens with zero attached hydrogens (tertiary/aromatic N) is 3. The fourth-order valence-electron chi connectivity index (χ4n) is 8.50. The Morgan fingerprint density at radius 3 is 1.46 bits per heavy atom.